The summed E-state index contributed by atoms with van der Waals surface area (Å²) in [4.78, 5) is 12.7. The molecule has 3 aromatic rings. The van der Waals surface area contributed by atoms with E-state index in [-0.39, 0.29) is 11.7 Å². The number of thioether (sulfide) groups is 1. The van der Waals surface area contributed by atoms with Gasteiger partial charge in [-0.05, 0) is 86.1 Å². The van der Waals surface area contributed by atoms with Crippen molar-refractivity contribution < 1.29 is 9.53 Å². The molecular formula is C29H37BrN4O2S. The number of aryl methyl sites for hydroxylation is 3. The van der Waals surface area contributed by atoms with Crippen molar-refractivity contribution in [3.8, 4) is 5.75 Å². The van der Waals surface area contributed by atoms with Crippen LogP contribution in [0.1, 0.15) is 86.0 Å². The molecule has 1 N–H and O–H groups in total. The van der Waals surface area contributed by atoms with Gasteiger partial charge in [0.05, 0.1) is 5.75 Å². The van der Waals surface area contributed by atoms with Crippen molar-refractivity contribution in [3.63, 3.8) is 0 Å². The minimum atomic E-state index is -0.0452. The summed E-state index contributed by atoms with van der Waals surface area (Å²) in [6, 6.07) is 10.6. The summed E-state index contributed by atoms with van der Waals surface area (Å²) in [5.74, 6) is 2.28. The van der Waals surface area contributed by atoms with Crippen LogP contribution in [0.5, 0.6) is 5.75 Å². The highest BCUT2D eigenvalue weighted by atomic mass is 79.9. The zero-order chi connectivity index (χ0) is 26.5. The van der Waals surface area contributed by atoms with Crippen molar-refractivity contribution in [1.82, 2.24) is 14.8 Å². The van der Waals surface area contributed by atoms with Crippen molar-refractivity contribution in [3.05, 3.63) is 62.9 Å². The highest BCUT2D eigenvalue weighted by molar-refractivity contribution is 9.10. The number of carbonyl (C=O) groups is 1. The van der Waals surface area contributed by atoms with E-state index in [2.05, 4.69) is 82.8 Å². The third kappa shape index (κ3) is 6.96. The van der Waals surface area contributed by atoms with E-state index in [9.17, 15) is 4.79 Å². The Hall–Kier alpha value is -2.32. The Morgan fingerprint density at radius 2 is 1.84 bits per heavy atom. The number of nitrogens with one attached hydrogen (secondary N) is 1. The number of carbonyl (C=O) groups excluding carboxylic acids is 1. The van der Waals surface area contributed by atoms with Crippen LogP contribution < -0.4 is 10.1 Å². The van der Waals surface area contributed by atoms with Gasteiger partial charge in [0.1, 0.15) is 12.4 Å². The number of hydrogen-bond donors (Lipinski definition) is 1. The molecule has 37 heavy (non-hydrogen) atoms. The molecule has 1 amide bonds. The monoisotopic (exact) mass is 584 g/mol. The maximum atomic E-state index is 12.7. The first-order valence-electron chi connectivity index (χ1n) is 13.1. The van der Waals surface area contributed by atoms with Crippen LogP contribution >= 0.6 is 27.7 Å². The third-order valence-corrected chi connectivity index (χ3v) is 8.87. The van der Waals surface area contributed by atoms with Crippen molar-refractivity contribution in [2.45, 2.75) is 90.4 Å². The average molecular weight is 586 g/mol. The first-order chi connectivity index (χ1) is 17.7. The van der Waals surface area contributed by atoms with Gasteiger partial charge in [-0.15, -0.1) is 10.2 Å². The molecule has 1 aliphatic carbocycles. The number of ether oxygens (including phenoxy) is 1. The van der Waals surface area contributed by atoms with Gasteiger partial charge in [-0.1, -0.05) is 66.9 Å². The maximum absolute atomic E-state index is 12.7. The smallest absolute Gasteiger partial charge is 0.234 e. The first kappa shape index (κ1) is 27.7. The second-order valence-corrected chi connectivity index (χ2v) is 12.1. The van der Waals surface area contributed by atoms with Gasteiger partial charge in [0.25, 0.3) is 0 Å². The Morgan fingerprint density at radius 3 is 2.54 bits per heavy atom. The van der Waals surface area contributed by atoms with Gasteiger partial charge >= 0.3 is 0 Å². The molecule has 0 radical (unpaired) electrons. The van der Waals surface area contributed by atoms with E-state index >= 15 is 0 Å². The lowest BCUT2D eigenvalue weighted by Gasteiger charge is -2.25. The molecule has 198 valence electrons. The standard InChI is InChI=1S/C29H37BrN4O2S/c1-18(2)24-15-25(30)21(5)14-26(24)36-16-27-32-33-29(34(27)23-9-7-6-8-10-23)37-17-28(35)31-22-12-11-19(3)20(4)13-22/h11-15,18,23H,6-10,16-17H2,1-5H3,(H,31,35). The number of rotatable bonds is 9. The molecule has 0 unspecified atom stereocenters. The normalized spacial score (nSPS) is 14.2. The second-order valence-electron chi connectivity index (χ2n) is 10.3. The number of anilines is 1. The van der Waals surface area contributed by atoms with Crippen molar-refractivity contribution in [2.75, 3.05) is 11.1 Å². The molecule has 2 aromatic carbocycles. The topological polar surface area (TPSA) is 69.0 Å². The Bertz CT molecular complexity index is 1250. The van der Waals surface area contributed by atoms with E-state index in [4.69, 9.17) is 4.74 Å². The van der Waals surface area contributed by atoms with E-state index in [1.54, 1.807) is 0 Å². The maximum Gasteiger partial charge on any atom is 0.234 e. The summed E-state index contributed by atoms with van der Waals surface area (Å²) in [5, 5.41) is 12.8. The second kappa shape index (κ2) is 12.5. The van der Waals surface area contributed by atoms with Gasteiger partial charge in [0.15, 0.2) is 11.0 Å². The number of aromatic nitrogens is 3. The Kier molecular flexibility index (Phi) is 9.35. The lowest BCUT2D eigenvalue weighted by atomic mass is 9.95. The molecular weight excluding hydrogens is 548 g/mol. The number of amides is 1. The summed E-state index contributed by atoms with van der Waals surface area (Å²) in [7, 11) is 0. The fourth-order valence-electron chi connectivity index (χ4n) is 4.75. The van der Waals surface area contributed by atoms with Gasteiger partial charge in [0.2, 0.25) is 5.91 Å². The molecule has 0 aliphatic heterocycles. The van der Waals surface area contributed by atoms with Crippen molar-refractivity contribution in [1.29, 1.82) is 0 Å². The molecule has 1 aromatic heterocycles. The van der Waals surface area contributed by atoms with Crippen LogP contribution in [0.2, 0.25) is 0 Å². The third-order valence-electron chi connectivity index (χ3n) is 7.07. The molecule has 1 aliphatic rings. The lowest BCUT2D eigenvalue weighted by Crippen LogP contribution is -2.19. The number of hydrogen-bond acceptors (Lipinski definition) is 5. The summed E-state index contributed by atoms with van der Waals surface area (Å²) in [5.41, 5.74) is 5.50. The minimum absolute atomic E-state index is 0.0452. The van der Waals surface area contributed by atoms with E-state index in [1.165, 1.54) is 42.2 Å². The highest BCUT2D eigenvalue weighted by Gasteiger charge is 2.24. The van der Waals surface area contributed by atoms with Crippen molar-refractivity contribution in [2.24, 2.45) is 0 Å². The molecule has 4 rings (SSSR count). The molecule has 1 fully saturated rings. The van der Waals surface area contributed by atoms with Gasteiger partial charge in [-0.2, -0.15) is 0 Å². The van der Waals surface area contributed by atoms with E-state index in [0.717, 1.165) is 50.9 Å². The zero-order valence-electron chi connectivity index (χ0n) is 22.4. The van der Waals surface area contributed by atoms with Crippen LogP contribution in [0.25, 0.3) is 0 Å². The predicted octanol–water partition coefficient (Wildman–Crippen LogP) is 7.90. The first-order valence-corrected chi connectivity index (χ1v) is 14.9. The van der Waals surface area contributed by atoms with Crippen LogP contribution in [0.15, 0.2) is 40.0 Å². The van der Waals surface area contributed by atoms with Crippen LogP contribution in [0.4, 0.5) is 5.69 Å². The van der Waals surface area contributed by atoms with E-state index in [0.29, 0.717) is 18.6 Å². The van der Waals surface area contributed by atoms with Gasteiger partial charge in [0, 0.05) is 16.2 Å². The van der Waals surface area contributed by atoms with Gasteiger partial charge < -0.3 is 10.1 Å². The molecule has 0 spiro atoms. The molecule has 0 bridgehead atoms. The van der Waals surface area contributed by atoms with Crippen LogP contribution in [0, 0.1) is 20.8 Å². The molecule has 1 saturated carbocycles. The highest BCUT2D eigenvalue weighted by Crippen LogP contribution is 2.35. The lowest BCUT2D eigenvalue weighted by molar-refractivity contribution is -0.113. The number of benzene rings is 2. The van der Waals surface area contributed by atoms with Crippen molar-refractivity contribution >= 4 is 39.3 Å². The summed E-state index contributed by atoms with van der Waals surface area (Å²) in [6.45, 7) is 10.9. The van der Waals surface area contributed by atoms with Crippen LogP contribution in [-0.2, 0) is 11.4 Å². The predicted molar refractivity (Wildman–Crippen MR) is 155 cm³/mol. The fourth-order valence-corrected chi connectivity index (χ4v) is 5.93. The quantitative estimate of drug-likeness (QED) is 0.259. The zero-order valence-corrected chi connectivity index (χ0v) is 24.8. The Balaban J connectivity index is 1.50. The molecule has 1 heterocycles. The molecule has 0 saturated heterocycles. The fraction of sp³-hybridized carbons (Fsp3) is 0.483. The average Bonchev–Trinajstić information content (AvgIpc) is 3.28. The largest absolute Gasteiger partial charge is 0.485 e. The molecule has 0 atom stereocenters. The van der Waals surface area contributed by atoms with Gasteiger partial charge in [-0.3, -0.25) is 9.36 Å². The SMILES string of the molecule is Cc1ccc(NC(=O)CSc2nnc(COc3cc(C)c(Br)cc3C(C)C)n2C2CCCCC2)cc1C. The number of halogens is 1. The van der Waals surface area contributed by atoms with Gasteiger partial charge in [-0.25, -0.2) is 0 Å². The summed E-state index contributed by atoms with van der Waals surface area (Å²) in [6.07, 6.45) is 5.86. The Labute approximate surface area is 233 Å². The Morgan fingerprint density at radius 1 is 1.08 bits per heavy atom. The molecule has 6 nitrogen and oxygen atoms in total. The molecule has 8 heteroatoms. The van der Waals surface area contributed by atoms with Crippen LogP contribution in [0.3, 0.4) is 0 Å². The summed E-state index contributed by atoms with van der Waals surface area (Å²) >= 11 is 5.10. The van der Waals surface area contributed by atoms with E-state index in [1.807, 2.05) is 18.2 Å². The minimum Gasteiger partial charge on any atom is -0.485 e. The van der Waals surface area contributed by atoms with E-state index < -0.39 is 0 Å². The number of nitrogens with zero attached hydrogens (tertiary/aromatic N) is 3. The van der Waals surface area contributed by atoms with Crippen LogP contribution in [-0.4, -0.2) is 26.4 Å². The summed E-state index contributed by atoms with van der Waals surface area (Å²) < 4.78 is 9.68.